The van der Waals surface area contributed by atoms with Crippen LogP contribution in [0.15, 0.2) is 94.4 Å². The number of ketones is 1. The number of carbonyl (C=O) groups excluding carboxylic acids is 1. The molecule has 2 unspecified atom stereocenters. The van der Waals surface area contributed by atoms with E-state index in [1.54, 1.807) is 48.5 Å². The van der Waals surface area contributed by atoms with Crippen LogP contribution in [0.5, 0.6) is 11.5 Å². The molecular formula is C28H19N5O6. The topological polar surface area (TPSA) is 136 Å². The average molecular weight is 521 g/mol. The van der Waals surface area contributed by atoms with Gasteiger partial charge in [0, 0.05) is 27.5 Å². The van der Waals surface area contributed by atoms with Crippen molar-refractivity contribution in [1.29, 1.82) is 0 Å². The number of nitro groups is 1. The molecule has 2 atom stereocenters. The molecule has 1 N–H and O–H groups in total. The highest BCUT2D eigenvalue weighted by Crippen LogP contribution is 2.46. The molecule has 5 aromatic rings. The molecule has 39 heavy (non-hydrogen) atoms. The number of nitrogens with one attached hydrogen (secondary N) is 1. The number of hydrogen-bond donors (Lipinski definition) is 1. The van der Waals surface area contributed by atoms with E-state index in [1.807, 2.05) is 36.4 Å². The van der Waals surface area contributed by atoms with E-state index in [1.165, 1.54) is 5.01 Å². The minimum atomic E-state index is -1.54. The summed E-state index contributed by atoms with van der Waals surface area (Å²) in [5.74, 6) is 0.494. The Bertz CT molecular complexity index is 1740. The maximum atomic E-state index is 13.7. The summed E-state index contributed by atoms with van der Waals surface area (Å²) in [6.45, 7) is -0.0178. The predicted octanol–water partition coefficient (Wildman–Crippen LogP) is 5.00. The maximum absolute atomic E-state index is 13.7. The Kier molecular flexibility index (Phi) is 5.15. The number of anilines is 1. The van der Waals surface area contributed by atoms with Crippen molar-refractivity contribution in [1.82, 2.24) is 10.2 Å². The number of fused-ring (bicyclic) bond motifs is 2. The van der Waals surface area contributed by atoms with Gasteiger partial charge in [-0.3, -0.25) is 20.0 Å². The van der Waals surface area contributed by atoms with Gasteiger partial charge < -0.3 is 13.9 Å². The number of aromatic nitrogens is 2. The first-order chi connectivity index (χ1) is 19.1. The number of Topliss-reactive ketones (excluding diaryl/α,β-unsaturated/α-hetero) is 1. The minimum Gasteiger partial charge on any atom is -0.454 e. The Labute approximate surface area is 220 Å². The second-order valence-corrected chi connectivity index (χ2v) is 9.07. The standard InChI is InChI=1S/C28H19N5O6/c34-27(22-13-17-9-4-5-11-20(17)39-22)24-26(33(35)36)25(18-10-6-12-21-28(18)38-15-37-21)32(31-24)23-14-19(29-30-23)16-7-2-1-3-8-16/h1-14,25-26H,15H2,(H,29,30). The SMILES string of the molecule is O=C(C1=NN(c2cc(-c3ccccc3)n[nH]2)C(c2cccc3c2OCO3)C1[N+](=O)[O-])c1cc2ccccc2o1. The molecule has 0 saturated carbocycles. The summed E-state index contributed by atoms with van der Waals surface area (Å²) in [6, 6.07) is 22.5. The zero-order valence-electron chi connectivity index (χ0n) is 20.2. The molecule has 4 heterocycles. The highest BCUT2D eigenvalue weighted by molar-refractivity contribution is 6.47. The highest BCUT2D eigenvalue weighted by Gasteiger charge is 2.53. The van der Waals surface area contributed by atoms with Crippen molar-refractivity contribution in [2.24, 2.45) is 5.10 Å². The molecule has 0 bridgehead atoms. The molecule has 192 valence electrons. The molecule has 2 aliphatic heterocycles. The van der Waals surface area contributed by atoms with Gasteiger partial charge >= 0.3 is 0 Å². The molecule has 2 aliphatic rings. The van der Waals surface area contributed by atoms with Crippen LogP contribution in [0.1, 0.15) is 22.2 Å². The van der Waals surface area contributed by atoms with Crippen molar-refractivity contribution in [3.8, 4) is 22.8 Å². The van der Waals surface area contributed by atoms with Crippen molar-refractivity contribution in [3.63, 3.8) is 0 Å². The van der Waals surface area contributed by atoms with Gasteiger partial charge in [-0.1, -0.05) is 60.7 Å². The normalized spacial score (nSPS) is 17.9. The zero-order chi connectivity index (χ0) is 26.5. The van der Waals surface area contributed by atoms with Crippen LogP contribution in [-0.2, 0) is 0 Å². The molecule has 11 nitrogen and oxygen atoms in total. The fourth-order valence-electron chi connectivity index (χ4n) is 5.01. The molecule has 2 aromatic heterocycles. The number of hydrazone groups is 1. The second-order valence-electron chi connectivity index (χ2n) is 9.07. The Hall–Kier alpha value is -5.45. The molecular weight excluding hydrogens is 502 g/mol. The van der Waals surface area contributed by atoms with E-state index in [9.17, 15) is 14.9 Å². The largest absolute Gasteiger partial charge is 0.454 e. The molecule has 7 rings (SSSR count). The van der Waals surface area contributed by atoms with E-state index in [0.29, 0.717) is 39.5 Å². The van der Waals surface area contributed by atoms with Crippen molar-refractivity contribution < 1.29 is 23.6 Å². The molecule has 0 aliphatic carbocycles. The summed E-state index contributed by atoms with van der Waals surface area (Å²) in [4.78, 5) is 25.8. The fourth-order valence-corrected chi connectivity index (χ4v) is 5.01. The maximum Gasteiger partial charge on any atom is 0.286 e. The number of benzene rings is 3. The zero-order valence-corrected chi connectivity index (χ0v) is 20.2. The number of nitrogens with zero attached hydrogens (tertiary/aromatic N) is 4. The van der Waals surface area contributed by atoms with Crippen LogP contribution in [0.2, 0.25) is 0 Å². The van der Waals surface area contributed by atoms with Gasteiger partial charge in [-0.05, 0) is 18.2 Å². The average Bonchev–Trinajstić information content (AvgIpc) is 3.76. The van der Waals surface area contributed by atoms with E-state index in [-0.39, 0.29) is 18.3 Å². The van der Waals surface area contributed by atoms with Gasteiger partial charge in [-0.2, -0.15) is 10.2 Å². The molecule has 0 spiro atoms. The van der Waals surface area contributed by atoms with Crippen LogP contribution < -0.4 is 14.5 Å². The van der Waals surface area contributed by atoms with Crippen molar-refractivity contribution in [3.05, 3.63) is 106 Å². The third-order valence-corrected chi connectivity index (χ3v) is 6.79. The molecule has 0 saturated heterocycles. The van der Waals surface area contributed by atoms with Crippen molar-refractivity contribution >= 4 is 28.3 Å². The van der Waals surface area contributed by atoms with Crippen LogP contribution in [-0.4, -0.2) is 39.5 Å². The first-order valence-electron chi connectivity index (χ1n) is 12.1. The van der Waals surface area contributed by atoms with E-state index in [2.05, 4.69) is 15.3 Å². The minimum absolute atomic E-state index is 0.0178. The predicted molar refractivity (Wildman–Crippen MR) is 141 cm³/mol. The molecule has 0 radical (unpaired) electrons. The van der Waals surface area contributed by atoms with Crippen LogP contribution in [0.4, 0.5) is 5.82 Å². The third kappa shape index (κ3) is 3.71. The van der Waals surface area contributed by atoms with Gasteiger partial charge in [0.2, 0.25) is 6.79 Å². The molecule has 3 aromatic carbocycles. The smallest absolute Gasteiger partial charge is 0.286 e. The Morgan fingerprint density at radius 3 is 2.64 bits per heavy atom. The van der Waals surface area contributed by atoms with Crippen molar-refractivity contribution in [2.45, 2.75) is 12.1 Å². The van der Waals surface area contributed by atoms with E-state index < -0.39 is 22.8 Å². The van der Waals surface area contributed by atoms with Crippen LogP contribution in [0.25, 0.3) is 22.2 Å². The number of H-pyrrole nitrogens is 1. The monoisotopic (exact) mass is 521 g/mol. The number of furan rings is 1. The van der Waals surface area contributed by atoms with Gasteiger partial charge in [-0.15, -0.1) is 0 Å². The number of aromatic amines is 1. The molecule has 11 heteroatoms. The Balaban J connectivity index is 1.37. The number of rotatable bonds is 6. The van der Waals surface area contributed by atoms with Crippen LogP contribution in [0, 0.1) is 10.1 Å². The number of carbonyl (C=O) groups is 1. The van der Waals surface area contributed by atoms with Gasteiger partial charge in [0.25, 0.3) is 11.8 Å². The lowest BCUT2D eigenvalue weighted by atomic mass is 9.93. The Morgan fingerprint density at radius 1 is 1.00 bits per heavy atom. The van der Waals surface area contributed by atoms with E-state index in [4.69, 9.17) is 13.9 Å². The Morgan fingerprint density at radius 2 is 1.82 bits per heavy atom. The number of hydrogen-bond acceptors (Lipinski definition) is 9. The van der Waals surface area contributed by atoms with E-state index >= 15 is 0 Å². The first-order valence-corrected chi connectivity index (χ1v) is 12.1. The second kappa shape index (κ2) is 8.84. The van der Waals surface area contributed by atoms with Crippen LogP contribution in [0.3, 0.4) is 0 Å². The third-order valence-electron chi connectivity index (χ3n) is 6.79. The van der Waals surface area contributed by atoms with Gasteiger partial charge in [0.05, 0.1) is 5.69 Å². The summed E-state index contributed by atoms with van der Waals surface area (Å²) in [7, 11) is 0. The van der Waals surface area contributed by atoms with Crippen molar-refractivity contribution in [2.75, 3.05) is 11.8 Å². The summed E-state index contributed by atoms with van der Waals surface area (Å²) >= 11 is 0. The van der Waals surface area contributed by atoms with Gasteiger partial charge in [0.1, 0.15) is 11.4 Å². The summed E-state index contributed by atoms with van der Waals surface area (Å²) in [6.07, 6.45) is 0. The summed E-state index contributed by atoms with van der Waals surface area (Å²) in [5, 5.41) is 26.6. The van der Waals surface area contributed by atoms with Crippen LogP contribution >= 0.6 is 0 Å². The quantitative estimate of drug-likeness (QED) is 0.187. The summed E-state index contributed by atoms with van der Waals surface area (Å²) < 4.78 is 17.0. The lowest BCUT2D eigenvalue weighted by Crippen LogP contribution is -2.39. The number of ether oxygens (including phenoxy) is 2. The fraction of sp³-hybridized carbons (Fsp3) is 0.107. The lowest BCUT2D eigenvalue weighted by molar-refractivity contribution is -0.505. The number of para-hydroxylation sites is 2. The lowest BCUT2D eigenvalue weighted by Gasteiger charge is -2.23. The molecule has 0 fully saturated rings. The summed E-state index contributed by atoms with van der Waals surface area (Å²) in [5.41, 5.74) is 2.15. The molecule has 0 amide bonds. The van der Waals surface area contributed by atoms with Gasteiger partial charge in [0.15, 0.2) is 29.0 Å². The highest BCUT2D eigenvalue weighted by atomic mass is 16.7. The first kappa shape index (κ1) is 22.7. The van der Waals surface area contributed by atoms with Gasteiger partial charge in [-0.25, -0.2) is 5.01 Å². The van der Waals surface area contributed by atoms with E-state index in [0.717, 1.165) is 5.56 Å².